The number of hydrogen-bond donors (Lipinski definition) is 2. The molecular formula is C15H22N4O. The van der Waals surface area contributed by atoms with E-state index in [2.05, 4.69) is 27.4 Å². The predicted octanol–water partition coefficient (Wildman–Crippen LogP) is 2.60. The number of anilines is 2. The molecule has 2 heterocycles. The number of carbonyl (C=O) groups is 1. The fourth-order valence-electron chi connectivity index (χ4n) is 2.46. The van der Waals surface area contributed by atoms with E-state index in [0.717, 1.165) is 43.4 Å². The molecule has 0 spiro atoms. The van der Waals surface area contributed by atoms with Crippen LogP contribution in [0.5, 0.6) is 0 Å². The molecule has 1 aliphatic heterocycles. The van der Waals surface area contributed by atoms with Crippen molar-refractivity contribution in [3.63, 3.8) is 0 Å². The van der Waals surface area contributed by atoms with E-state index in [-0.39, 0.29) is 6.03 Å². The molecule has 1 aromatic heterocycles. The molecule has 1 saturated heterocycles. The Hall–Kier alpha value is -1.78. The third-order valence-corrected chi connectivity index (χ3v) is 4.03. The van der Waals surface area contributed by atoms with Crippen LogP contribution in [0.15, 0.2) is 18.3 Å². The highest BCUT2D eigenvalue weighted by Crippen LogP contribution is 2.22. The highest BCUT2D eigenvalue weighted by molar-refractivity contribution is 5.89. The summed E-state index contributed by atoms with van der Waals surface area (Å²) in [7, 11) is 0. The summed E-state index contributed by atoms with van der Waals surface area (Å²) in [5, 5.41) is 5.72. The topological polar surface area (TPSA) is 57.3 Å². The van der Waals surface area contributed by atoms with Crippen molar-refractivity contribution in [1.29, 1.82) is 0 Å². The number of hydrogen-bond acceptors (Lipinski definition) is 3. The highest BCUT2D eigenvalue weighted by Gasteiger charge is 2.23. The lowest BCUT2D eigenvalue weighted by Gasteiger charge is -2.31. The lowest BCUT2D eigenvalue weighted by atomic mass is 9.99. The molecule has 2 aliphatic rings. The molecule has 2 amide bonds. The van der Waals surface area contributed by atoms with Gasteiger partial charge in [-0.1, -0.05) is 6.92 Å². The molecule has 0 unspecified atom stereocenters. The fraction of sp³-hybridized carbons (Fsp3) is 0.600. The number of aromatic nitrogens is 1. The third-order valence-electron chi connectivity index (χ3n) is 4.03. The van der Waals surface area contributed by atoms with E-state index in [9.17, 15) is 4.79 Å². The van der Waals surface area contributed by atoms with E-state index in [0.29, 0.717) is 6.04 Å². The maximum absolute atomic E-state index is 11.6. The van der Waals surface area contributed by atoms with Gasteiger partial charge in [-0.3, -0.25) is 0 Å². The maximum atomic E-state index is 11.6. The fourth-order valence-corrected chi connectivity index (χ4v) is 2.46. The van der Waals surface area contributed by atoms with Crippen molar-refractivity contribution in [1.82, 2.24) is 10.3 Å². The highest BCUT2D eigenvalue weighted by atomic mass is 16.2. The van der Waals surface area contributed by atoms with Gasteiger partial charge in [-0.05, 0) is 43.7 Å². The first-order valence-corrected chi connectivity index (χ1v) is 7.49. The van der Waals surface area contributed by atoms with Gasteiger partial charge in [0.1, 0.15) is 5.82 Å². The summed E-state index contributed by atoms with van der Waals surface area (Å²) in [4.78, 5) is 18.4. The summed E-state index contributed by atoms with van der Waals surface area (Å²) < 4.78 is 0. The molecule has 3 rings (SSSR count). The monoisotopic (exact) mass is 274 g/mol. The van der Waals surface area contributed by atoms with Crippen LogP contribution in [0.25, 0.3) is 0 Å². The van der Waals surface area contributed by atoms with Crippen LogP contribution in [-0.2, 0) is 0 Å². The van der Waals surface area contributed by atoms with Gasteiger partial charge in [0.05, 0.1) is 11.9 Å². The summed E-state index contributed by atoms with van der Waals surface area (Å²) in [6, 6.07) is 4.15. The number of carbonyl (C=O) groups excluding carboxylic acids is 1. The van der Waals surface area contributed by atoms with Crippen molar-refractivity contribution >= 4 is 17.5 Å². The average Bonchev–Trinajstić information content (AvgIpc) is 3.24. The first-order chi connectivity index (χ1) is 9.70. The number of amides is 2. The van der Waals surface area contributed by atoms with Crippen LogP contribution in [0.3, 0.4) is 0 Å². The van der Waals surface area contributed by atoms with E-state index in [1.54, 1.807) is 6.20 Å². The van der Waals surface area contributed by atoms with Crippen LogP contribution >= 0.6 is 0 Å². The zero-order chi connectivity index (χ0) is 13.9. The van der Waals surface area contributed by atoms with E-state index < -0.39 is 0 Å². The van der Waals surface area contributed by atoms with Crippen LogP contribution in [0.2, 0.25) is 0 Å². The van der Waals surface area contributed by atoms with E-state index >= 15 is 0 Å². The van der Waals surface area contributed by atoms with Crippen LogP contribution in [0, 0.1) is 5.92 Å². The number of nitrogens with one attached hydrogen (secondary N) is 2. The zero-order valence-corrected chi connectivity index (χ0v) is 11.9. The van der Waals surface area contributed by atoms with Gasteiger partial charge in [0, 0.05) is 19.1 Å². The number of nitrogens with zero attached hydrogens (tertiary/aromatic N) is 2. The van der Waals surface area contributed by atoms with Crippen LogP contribution in [-0.4, -0.2) is 30.1 Å². The van der Waals surface area contributed by atoms with Gasteiger partial charge in [0.2, 0.25) is 0 Å². The zero-order valence-electron chi connectivity index (χ0n) is 11.9. The minimum Gasteiger partial charge on any atom is -0.357 e. The largest absolute Gasteiger partial charge is 0.357 e. The van der Waals surface area contributed by atoms with Gasteiger partial charge >= 0.3 is 6.03 Å². The molecule has 5 heteroatoms. The minimum absolute atomic E-state index is 0.131. The Bertz CT molecular complexity index is 461. The smallest absolute Gasteiger partial charge is 0.319 e. The number of piperidine rings is 1. The van der Waals surface area contributed by atoms with Gasteiger partial charge < -0.3 is 15.5 Å². The Kier molecular flexibility index (Phi) is 3.76. The van der Waals surface area contributed by atoms with Crippen molar-refractivity contribution in [2.24, 2.45) is 5.92 Å². The Morgan fingerprint density at radius 2 is 2.00 bits per heavy atom. The quantitative estimate of drug-likeness (QED) is 0.890. The molecule has 1 aliphatic carbocycles. The number of rotatable bonds is 3. The lowest BCUT2D eigenvalue weighted by Crippen LogP contribution is -2.33. The van der Waals surface area contributed by atoms with Crippen molar-refractivity contribution < 1.29 is 4.79 Å². The minimum atomic E-state index is -0.131. The van der Waals surface area contributed by atoms with Gasteiger partial charge in [-0.25, -0.2) is 9.78 Å². The van der Waals surface area contributed by atoms with E-state index in [4.69, 9.17) is 0 Å². The second-order valence-electron chi connectivity index (χ2n) is 5.95. The number of pyridine rings is 1. The van der Waals surface area contributed by atoms with E-state index in [1.807, 2.05) is 12.1 Å². The molecule has 0 radical (unpaired) electrons. The van der Waals surface area contributed by atoms with Gasteiger partial charge in [-0.15, -0.1) is 0 Å². The van der Waals surface area contributed by atoms with Crippen molar-refractivity contribution in [2.75, 3.05) is 23.3 Å². The molecule has 1 aromatic rings. The molecule has 108 valence electrons. The standard InChI is InChI=1S/C15H22N4O/c1-11-6-8-19(9-7-11)14-5-4-13(10-16-14)18-15(20)17-12-2-3-12/h4-5,10-12H,2-3,6-9H2,1H3,(H2,17,18,20). The van der Waals surface area contributed by atoms with Crippen molar-refractivity contribution in [3.05, 3.63) is 18.3 Å². The van der Waals surface area contributed by atoms with Gasteiger partial charge in [0.25, 0.3) is 0 Å². The molecule has 2 fully saturated rings. The predicted molar refractivity (Wildman–Crippen MR) is 80.0 cm³/mol. The Labute approximate surface area is 119 Å². The summed E-state index contributed by atoms with van der Waals surface area (Å²) in [5.41, 5.74) is 0.747. The average molecular weight is 274 g/mol. The van der Waals surface area contributed by atoms with Crippen molar-refractivity contribution in [2.45, 2.75) is 38.6 Å². The Morgan fingerprint density at radius 3 is 2.60 bits per heavy atom. The van der Waals surface area contributed by atoms with Gasteiger partial charge in [-0.2, -0.15) is 0 Å². The maximum Gasteiger partial charge on any atom is 0.319 e. The van der Waals surface area contributed by atoms with Crippen LogP contribution in [0.4, 0.5) is 16.3 Å². The molecule has 1 saturated carbocycles. The first kappa shape index (κ1) is 13.2. The van der Waals surface area contributed by atoms with E-state index in [1.165, 1.54) is 12.8 Å². The van der Waals surface area contributed by atoms with Crippen LogP contribution in [0.1, 0.15) is 32.6 Å². The molecule has 2 N–H and O–H groups in total. The summed E-state index contributed by atoms with van der Waals surface area (Å²) >= 11 is 0. The second kappa shape index (κ2) is 5.69. The molecule has 0 bridgehead atoms. The molecule has 20 heavy (non-hydrogen) atoms. The Balaban J connectivity index is 1.55. The van der Waals surface area contributed by atoms with Gasteiger partial charge in [0.15, 0.2) is 0 Å². The molecule has 0 atom stereocenters. The Morgan fingerprint density at radius 1 is 1.25 bits per heavy atom. The first-order valence-electron chi connectivity index (χ1n) is 7.49. The third kappa shape index (κ3) is 3.40. The SMILES string of the molecule is CC1CCN(c2ccc(NC(=O)NC3CC3)cn2)CC1. The second-order valence-corrected chi connectivity index (χ2v) is 5.95. The molecule has 5 nitrogen and oxygen atoms in total. The lowest BCUT2D eigenvalue weighted by molar-refractivity contribution is 0.251. The summed E-state index contributed by atoms with van der Waals surface area (Å²) in [6.45, 7) is 4.45. The summed E-state index contributed by atoms with van der Waals surface area (Å²) in [6.07, 6.45) is 6.38. The van der Waals surface area contributed by atoms with Crippen molar-refractivity contribution in [3.8, 4) is 0 Å². The normalized spacial score (nSPS) is 19.8. The summed E-state index contributed by atoms with van der Waals surface area (Å²) in [5.74, 6) is 1.82. The van der Waals surface area contributed by atoms with Crippen LogP contribution < -0.4 is 15.5 Å². The number of urea groups is 1. The molecule has 0 aromatic carbocycles. The molecular weight excluding hydrogens is 252 g/mol.